The minimum Gasteiger partial charge on any atom is -0.384 e. The van der Waals surface area contributed by atoms with E-state index in [9.17, 15) is 8.42 Å². The normalized spacial score (nSPS) is 11.3. The molecule has 5 nitrogen and oxygen atoms in total. The number of nitrogen functional groups attached to an aromatic ring is 1. The predicted octanol–water partition coefficient (Wildman–Crippen LogP) is 2.43. The monoisotopic (exact) mass is 297 g/mol. The van der Waals surface area contributed by atoms with Crippen LogP contribution in [0.5, 0.6) is 0 Å². The summed E-state index contributed by atoms with van der Waals surface area (Å²) >= 11 is 5.95. The van der Waals surface area contributed by atoms with Gasteiger partial charge in [-0.1, -0.05) is 17.7 Å². The minimum absolute atomic E-state index is 0.0525. The number of nitrogens with one attached hydrogen (secondary N) is 1. The van der Waals surface area contributed by atoms with Crippen LogP contribution in [0.2, 0.25) is 5.02 Å². The number of rotatable bonds is 3. The number of hydrogen-bond donors (Lipinski definition) is 2. The lowest BCUT2D eigenvalue weighted by molar-refractivity contribution is 0.601. The van der Waals surface area contributed by atoms with Crippen LogP contribution < -0.4 is 10.5 Å². The Labute approximate surface area is 116 Å². The number of aromatic nitrogens is 1. The Balaban J connectivity index is 2.33. The van der Waals surface area contributed by atoms with E-state index in [1.165, 1.54) is 18.3 Å². The molecule has 1 aromatic carbocycles. The summed E-state index contributed by atoms with van der Waals surface area (Å²) in [5, 5.41) is 0.495. The molecule has 0 unspecified atom stereocenters. The van der Waals surface area contributed by atoms with Gasteiger partial charge in [0, 0.05) is 17.3 Å². The van der Waals surface area contributed by atoms with Crippen molar-refractivity contribution in [1.29, 1.82) is 0 Å². The highest BCUT2D eigenvalue weighted by atomic mass is 35.5. The molecular formula is C12H12ClN3O2S. The van der Waals surface area contributed by atoms with Gasteiger partial charge in [0.1, 0.15) is 5.82 Å². The van der Waals surface area contributed by atoms with Crippen LogP contribution >= 0.6 is 11.6 Å². The lowest BCUT2D eigenvalue weighted by atomic mass is 10.2. The minimum atomic E-state index is -3.69. The van der Waals surface area contributed by atoms with Gasteiger partial charge in [-0.05, 0) is 30.7 Å². The van der Waals surface area contributed by atoms with Crippen LogP contribution in [-0.2, 0) is 10.0 Å². The van der Waals surface area contributed by atoms with Crippen LogP contribution in [0.4, 0.5) is 11.5 Å². The van der Waals surface area contributed by atoms with E-state index in [0.717, 1.165) is 5.56 Å². The number of pyridine rings is 1. The lowest BCUT2D eigenvalue weighted by Crippen LogP contribution is -2.13. The van der Waals surface area contributed by atoms with Crippen LogP contribution in [0.1, 0.15) is 5.56 Å². The molecule has 0 fully saturated rings. The van der Waals surface area contributed by atoms with Gasteiger partial charge in [-0.2, -0.15) is 0 Å². The molecule has 0 spiro atoms. The second-order valence-corrected chi connectivity index (χ2v) is 6.08. The highest BCUT2D eigenvalue weighted by Crippen LogP contribution is 2.22. The molecule has 2 rings (SSSR count). The topological polar surface area (TPSA) is 85.1 Å². The molecular weight excluding hydrogens is 286 g/mol. The van der Waals surface area contributed by atoms with Crippen LogP contribution in [0.25, 0.3) is 0 Å². The zero-order chi connectivity index (χ0) is 14.0. The second-order valence-electron chi connectivity index (χ2n) is 3.99. The molecule has 2 aromatic rings. The summed E-state index contributed by atoms with van der Waals surface area (Å²) in [6.45, 7) is 1.84. The number of aryl methyl sites for hydroxylation is 1. The van der Waals surface area contributed by atoms with Gasteiger partial charge in [0.25, 0.3) is 10.0 Å². The largest absolute Gasteiger partial charge is 0.384 e. The molecule has 0 saturated heterocycles. The van der Waals surface area contributed by atoms with E-state index in [1.807, 2.05) is 6.92 Å². The number of benzene rings is 1. The molecule has 1 aromatic heterocycles. The smallest absolute Gasteiger partial charge is 0.262 e. The van der Waals surface area contributed by atoms with E-state index in [2.05, 4.69) is 9.71 Å². The van der Waals surface area contributed by atoms with Gasteiger partial charge < -0.3 is 5.73 Å². The molecule has 19 heavy (non-hydrogen) atoms. The molecule has 0 bridgehead atoms. The Bertz CT molecular complexity index is 717. The summed E-state index contributed by atoms with van der Waals surface area (Å²) in [5.74, 6) is 0.143. The molecule has 1 heterocycles. The van der Waals surface area contributed by atoms with Gasteiger partial charge >= 0.3 is 0 Å². The first-order valence-corrected chi connectivity index (χ1v) is 7.25. The average molecular weight is 298 g/mol. The Hall–Kier alpha value is -1.79. The third-order valence-electron chi connectivity index (χ3n) is 2.49. The van der Waals surface area contributed by atoms with Crippen molar-refractivity contribution < 1.29 is 8.42 Å². The summed E-state index contributed by atoms with van der Waals surface area (Å²) in [4.78, 5) is 3.80. The molecule has 0 aliphatic heterocycles. The number of halogens is 1. The fourth-order valence-electron chi connectivity index (χ4n) is 1.47. The Morgan fingerprint density at radius 2 is 2.00 bits per heavy atom. The van der Waals surface area contributed by atoms with Gasteiger partial charge in [0.05, 0.1) is 10.6 Å². The number of anilines is 2. The van der Waals surface area contributed by atoms with Crippen molar-refractivity contribution in [3.8, 4) is 0 Å². The maximum absolute atomic E-state index is 12.1. The maximum atomic E-state index is 12.1. The van der Waals surface area contributed by atoms with Crippen molar-refractivity contribution in [1.82, 2.24) is 4.98 Å². The van der Waals surface area contributed by atoms with Crippen molar-refractivity contribution in [2.24, 2.45) is 0 Å². The molecule has 0 aliphatic carbocycles. The average Bonchev–Trinajstić information content (AvgIpc) is 2.33. The van der Waals surface area contributed by atoms with Crippen LogP contribution in [0.15, 0.2) is 41.4 Å². The van der Waals surface area contributed by atoms with Crippen molar-refractivity contribution in [2.45, 2.75) is 11.8 Å². The SMILES string of the molecule is Cc1ccc(NS(=O)(=O)c2ccnc(N)c2)cc1Cl. The fraction of sp³-hybridized carbons (Fsp3) is 0.0833. The van der Waals surface area contributed by atoms with Crippen molar-refractivity contribution >= 4 is 33.1 Å². The molecule has 0 radical (unpaired) electrons. The second kappa shape index (κ2) is 5.07. The summed E-state index contributed by atoms with van der Waals surface area (Å²) in [6, 6.07) is 7.59. The first kappa shape index (κ1) is 13.6. The van der Waals surface area contributed by atoms with E-state index < -0.39 is 10.0 Å². The number of nitrogens with two attached hydrogens (primary N) is 1. The summed E-state index contributed by atoms with van der Waals surface area (Å²) < 4.78 is 26.7. The van der Waals surface area contributed by atoms with Crippen molar-refractivity contribution in [2.75, 3.05) is 10.5 Å². The van der Waals surface area contributed by atoms with Gasteiger partial charge in [-0.3, -0.25) is 4.72 Å². The molecule has 0 aliphatic rings. The van der Waals surface area contributed by atoms with Crippen LogP contribution in [-0.4, -0.2) is 13.4 Å². The van der Waals surface area contributed by atoms with Gasteiger partial charge in [-0.15, -0.1) is 0 Å². The zero-order valence-corrected chi connectivity index (χ0v) is 11.7. The van der Waals surface area contributed by atoms with E-state index in [4.69, 9.17) is 17.3 Å². The van der Waals surface area contributed by atoms with Crippen molar-refractivity contribution in [3.05, 3.63) is 47.1 Å². The summed E-state index contributed by atoms with van der Waals surface area (Å²) in [6.07, 6.45) is 1.34. The van der Waals surface area contributed by atoms with Crippen molar-refractivity contribution in [3.63, 3.8) is 0 Å². The quantitative estimate of drug-likeness (QED) is 0.911. The molecule has 7 heteroatoms. The van der Waals surface area contributed by atoms with Gasteiger partial charge in [0.2, 0.25) is 0 Å². The number of hydrogen-bond acceptors (Lipinski definition) is 4. The van der Waals surface area contributed by atoms with Crippen LogP contribution in [0.3, 0.4) is 0 Å². The lowest BCUT2D eigenvalue weighted by Gasteiger charge is -2.09. The Kier molecular flexibility index (Phi) is 3.64. The summed E-state index contributed by atoms with van der Waals surface area (Å²) in [7, 11) is -3.69. The van der Waals surface area contributed by atoms with Gasteiger partial charge in [-0.25, -0.2) is 13.4 Å². The van der Waals surface area contributed by atoms with E-state index in [-0.39, 0.29) is 10.7 Å². The third kappa shape index (κ3) is 3.15. The maximum Gasteiger partial charge on any atom is 0.262 e. The van der Waals surface area contributed by atoms with Gasteiger partial charge in [0.15, 0.2) is 0 Å². The van der Waals surface area contributed by atoms with E-state index in [1.54, 1.807) is 18.2 Å². The molecule has 0 amide bonds. The molecule has 100 valence electrons. The molecule has 3 N–H and O–H groups in total. The number of sulfonamides is 1. The Morgan fingerprint density at radius 1 is 1.26 bits per heavy atom. The van der Waals surface area contributed by atoms with E-state index >= 15 is 0 Å². The molecule has 0 saturated carbocycles. The predicted molar refractivity (Wildman–Crippen MR) is 75.6 cm³/mol. The standard InChI is InChI=1S/C12H12ClN3O2S/c1-8-2-3-9(6-11(8)13)16-19(17,18)10-4-5-15-12(14)7-10/h2-7,16H,1H3,(H2,14,15). The van der Waals surface area contributed by atoms with E-state index in [0.29, 0.717) is 10.7 Å². The zero-order valence-electron chi connectivity index (χ0n) is 10.1. The highest BCUT2D eigenvalue weighted by molar-refractivity contribution is 7.92. The fourth-order valence-corrected chi connectivity index (χ4v) is 2.72. The first-order chi connectivity index (χ1) is 8.88. The Morgan fingerprint density at radius 3 is 2.63 bits per heavy atom. The highest BCUT2D eigenvalue weighted by Gasteiger charge is 2.15. The van der Waals surface area contributed by atoms with Crippen LogP contribution in [0, 0.1) is 6.92 Å². The summed E-state index contributed by atoms with van der Waals surface area (Å²) in [5.41, 5.74) is 6.74. The third-order valence-corrected chi connectivity index (χ3v) is 4.27. The number of nitrogens with zero attached hydrogens (tertiary/aromatic N) is 1. The molecule has 0 atom stereocenters. The first-order valence-electron chi connectivity index (χ1n) is 5.39.